The van der Waals surface area contributed by atoms with Gasteiger partial charge >= 0.3 is 0 Å². The lowest BCUT2D eigenvalue weighted by molar-refractivity contribution is 0.180. The monoisotopic (exact) mass is 238 g/mol. The Morgan fingerprint density at radius 3 is 2.88 bits per heavy atom. The molecule has 1 aromatic carbocycles. The third-order valence-electron chi connectivity index (χ3n) is 2.81. The zero-order valence-electron chi connectivity index (χ0n) is 9.65. The minimum Gasteiger partial charge on any atom is -0.381 e. The Morgan fingerprint density at radius 1 is 1.38 bits per heavy atom. The average molecular weight is 238 g/mol. The molecule has 1 fully saturated rings. The number of aryl methyl sites for hydroxylation is 1. The first-order chi connectivity index (χ1) is 7.84. The average Bonchev–Trinajstić information content (AvgIpc) is 2.80. The Labute approximate surface area is 102 Å². The van der Waals surface area contributed by atoms with Gasteiger partial charge in [0, 0.05) is 30.2 Å². The van der Waals surface area contributed by atoms with Gasteiger partial charge in [0.05, 0.1) is 6.61 Å². The van der Waals surface area contributed by atoms with Crippen LogP contribution >= 0.6 is 12.0 Å². The van der Waals surface area contributed by atoms with Gasteiger partial charge in [0.25, 0.3) is 0 Å². The minimum absolute atomic E-state index is 0.707. The van der Waals surface area contributed by atoms with Gasteiger partial charge in [0.15, 0.2) is 0 Å². The highest BCUT2D eigenvalue weighted by Crippen LogP contribution is 2.22. The molecule has 1 aliphatic heterocycles. The van der Waals surface area contributed by atoms with E-state index in [0.29, 0.717) is 5.92 Å². The van der Waals surface area contributed by atoms with Gasteiger partial charge < -0.3 is 8.92 Å². The van der Waals surface area contributed by atoms with Crippen LogP contribution in [0.4, 0.5) is 0 Å². The lowest BCUT2D eigenvalue weighted by atomic mass is 10.1. The third-order valence-corrected chi connectivity index (χ3v) is 3.56. The van der Waals surface area contributed by atoms with Gasteiger partial charge in [-0.05, 0) is 37.8 Å². The quantitative estimate of drug-likeness (QED) is 0.578. The molecule has 16 heavy (non-hydrogen) atoms. The van der Waals surface area contributed by atoms with E-state index in [9.17, 15) is 0 Å². The summed E-state index contributed by atoms with van der Waals surface area (Å²) >= 11 is 1.47. The Bertz CT molecular complexity index is 304. The summed E-state index contributed by atoms with van der Waals surface area (Å²) in [6.45, 7) is 4.75. The molecular formula is C13H18O2S. The molecule has 88 valence electrons. The minimum atomic E-state index is 0.707. The summed E-state index contributed by atoms with van der Waals surface area (Å²) in [7, 11) is 0. The van der Waals surface area contributed by atoms with Crippen molar-refractivity contribution in [2.24, 2.45) is 5.92 Å². The largest absolute Gasteiger partial charge is 0.381 e. The van der Waals surface area contributed by atoms with Crippen molar-refractivity contribution < 1.29 is 8.92 Å². The first-order valence-corrected chi connectivity index (χ1v) is 6.52. The van der Waals surface area contributed by atoms with E-state index in [0.717, 1.165) is 26.2 Å². The van der Waals surface area contributed by atoms with E-state index in [1.165, 1.54) is 28.9 Å². The summed E-state index contributed by atoms with van der Waals surface area (Å²) in [6, 6.07) is 8.41. The van der Waals surface area contributed by atoms with E-state index in [-0.39, 0.29) is 0 Å². The Hall–Kier alpha value is -0.510. The smallest absolute Gasteiger partial charge is 0.0622 e. The molecule has 0 aromatic heterocycles. The number of rotatable bonds is 5. The second-order valence-corrected chi connectivity index (χ2v) is 5.11. The summed E-state index contributed by atoms with van der Waals surface area (Å²) in [5.74, 6) is 0.707. The highest BCUT2D eigenvalue weighted by molar-refractivity contribution is 7.94. The van der Waals surface area contributed by atoms with Crippen molar-refractivity contribution in [3.05, 3.63) is 29.8 Å². The zero-order valence-corrected chi connectivity index (χ0v) is 10.5. The molecule has 0 N–H and O–H groups in total. The van der Waals surface area contributed by atoms with E-state index in [2.05, 4.69) is 31.2 Å². The van der Waals surface area contributed by atoms with Crippen molar-refractivity contribution in [3.63, 3.8) is 0 Å². The first kappa shape index (κ1) is 12.0. The third kappa shape index (κ3) is 3.81. The molecule has 0 amide bonds. The van der Waals surface area contributed by atoms with Crippen LogP contribution in [0.3, 0.4) is 0 Å². The van der Waals surface area contributed by atoms with Gasteiger partial charge in [0.2, 0.25) is 0 Å². The molecule has 1 heterocycles. The van der Waals surface area contributed by atoms with Crippen LogP contribution in [0.25, 0.3) is 0 Å². The standard InChI is InChI=1S/C13H18O2S/c1-11-2-4-13(5-3-11)16-15-9-7-12-6-8-14-10-12/h2-5,12H,6-10H2,1H3. The summed E-state index contributed by atoms with van der Waals surface area (Å²) in [5, 5.41) is 0. The SMILES string of the molecule is Cc1ccc(SOCCC2CCOC2)cc1. The fourth-order valence-corrected chi connectivity index (χ4v) is 2.29. The van der Waals surface area contributed by atoms with Crippen LogP contribution in [0, 0.1) is 12.8 Å². The van der Waals surface area contributed by atoms with E-state index < -0.39 is 0 Å². The van der Waals surface area contributed by atoms with Crippen molar-refractivity contribution in [1.29, 1.82) is 0 Å². The predicted molar refractivity (Wildman–Crippen MR) is 66.5 cm³/mol. The molecule has 0 saturated carbocycles. The van der Waals surface area contributed by atoms with Crippen LogP contribution in [0.15, 0.2) is 29.2 Å². The summed E-state index contributed by atoms with van der Waals surface area (Å²) in [4.78, 5) is 1.17. The summed E-state index contributed by atoms with van der Waals surface area (Å²) in [5.41, 5.74) is 1.28. The molecule has 2 nitrogen and oxygen atoms in total. The van der Waals surface area contributed by atoms with Crippen molar-refractivity contribution >= 4 is 12.0 Å². The topological polar surface area (TPSA) is 18.5 Å². The van der Waals surface area contributed by atoms with Crippen LogP contribution in [0.5, 0.6) is 0 Å². The molecule has 1 atom stereocenters. The van der Waals surface area contributed by atoms with E-state index in [4.69, 9.17) is 8.92 Å². The van der Waals surface area contributed by atoms with E-state index in [1.807, 2.05) is 0 Å². The second kappa shape index (κ2) is 6.28. The van der Waals surface area contributed by atoms with Gasteiger partial charge in [-0.15, -0.1) is 0 Å². The fraction of sp³-hybridized carbons (Fsp3) is 0.538. The maximum atomic E-state index is 5.58. The highest BCUT2D eigenvalue weighted by Gasteiger charge is 2.14. The molecule has 1 aromatic rings. The molecule has 1 saturated heterocycles. The van der Waals surface area contributed by atoms with Gasteiger partial charge in [-0.2, -0.15) is 0 Å². The summed E-state index contributed by atoms with van der Waals surface area (Å²) < 4.78 is 10.9. The van der Waals surface area contributed by atoms with Crippen molar-refractivity contribution in [1.82, 2.24) is 0 Å². The molecule has 1 aliphatic rings. The normalized spacial score (nSPS) is 20.2. The molecule has 0 bridgehead atoms. The van der Waals surface area contributed by atoms with Crippen LogP contribution in [0.2, 0.25) is 0 Å². The molecular weight excluding hydrogens is 220 g/mol. The number of ether oxygens (including phenoxy) is 1. The Morgan fingerprint density at radius 2 is 2.19 bits per heavy atom. The highest BCUT2D eigenvalue weighted by atomic mass is 32.2. The lowest BCUT2D eigenvalue weighted by Crippen LogP contribution is -2.02. The maximum absolute atomic E-state index is 5.58. The van der Waals surface area contributed by atoms with Crippen LogP contribution in [-0.2, 0) is 8.92 Å². The van der Waals surface area contributed by atoms with Crippen LogP contribution < -0.4 is 0 Å². The molecule has 2 rings (SSSR count). The van der Waals surface area contributed by atoms with Gasteiger partial charge in [-0.3, -0.25) is 0 Å². The van der Waals surface area contributed by atoms with E-state index in [1.54, 1.807) is 0 Å². The van der Waals surface area contributed by atoms with Crippen LogP contribution in [0.1, 0.15) is 18.4 Å². The number of benzene rings is 1. The number of hydrogen-bond donors (Lipinski definition) is 0. The fourth-order valence-electron chi connectivity index (χ4n) is 1.73. The van der Waals surface area contributed by atoms with Crippen LogP contribution in [-0.4, -0.2) is 19.8 Å². The van der Waals surface area contributed by atoms with Gasteiger partial charge in [-0.25, -0.2) is 0 Å². The van der Waals surface area contributed by atoms with E-state index >= 15 is 0 Å². The first-order valence-electron chi connectivity index (χ1n) is 5.78. The summed E-state index contributed by atoms with van der Waals surface area (Å²) in [6.07, 6.45) is 2.30. The van der Waals surface area contributed by atoms with Crippen molar-refractivity contribution in [2.75, 3.05) is 19.8 Å². The number of hydrogen-bond acceptors (Lipinski definition) is 3. The van der Waals surface area contributed by atoms with Gasteiger partial charge in [0.1, 0.15) is 0 Å². The molecule has 0 aliphatic carbocycles. The molecule has 0 radical (unpaired) electrons. The second-order valence-electron chi connectivity index (χ2n) is 4.24. The zero-order chi connectivity index (χ0) is 11.2. The predicted octanol–water partition coefficient (Wildman–Crippen LogP) is 3.45. The molecule has 1 unspecified atom stereocenters. The van der Waals surface area contributed by atoms with Gasteiger partial charge in [-0.1, -0.05) is 17.7 Å². The molecule has 3 heteroatoms. The lowest BCUT2D eigenvalue weighted by Gasteiger charge is -2.07. The molecule has 0 spiro atoms. The van der Waals surface area contributed by atoms with Crippen molar-refractivity contribution in [2.45, 2.75) is 24.7 Å². The Kier molecular flexibility index (Phi) is 4.69. The maximum Gasteiger partial charge on any atom is 0.0622 e. The Balaban J connectivity index is 1.62. The van der Waals surface area contributed by atoms with Crippen molar-refractivity contribution in [3.8, 4) is 0 Å².